The molecule has 5 aromatic carbocycles. The summed E-state index contributed by atoms with van der Waals surface area (Å²) in [5.41, 5.74) is 5.91. The first-order valence-corrected chi connectivity index (χ1v) is 10.5. The Balaban J connectivity index is 1.85. The molecule has 2 heteroatoms. The number of para-hydroxylation sites is 2. The second-order valence-electron chi connectivity index (χ2n) is 7.56. The molecule has 0 fully saturated rings. The van der Waals surface area contributed by atoms with E-state index in [1.54, 1.807) is 0 Å². The molecule has 0 bridgehead atoms. The summed E-state index contributed by atoms with van der Waals surface area (Å²) in [7, 11) is 0. The molecule has 1 heterocycles. The summed E-state index contributed by atoms with van der Waals surface area (Å²) in [5, 5.41) is 5.81. The van der Waals surface area contributed by atoms with Crippen LogP contribution >= 0.6 is 11.6 Å². The Morgan fingerprint density at radius 2 is 1.23 bits per heavy atom. The first-order valence-electron chi connectivity index (χ1n) is 10.1. The summed E-state index contributed by atoms with van der Waals surface area (Å²) in [6, 6.07) is 38.3. The number of halogens is 1. The van der Waals surface area contributed by atoms with Gasteiger partial charge < -0.3 is 4.57 Å². The summed E-state index contributed by atoms with van der Waals surface area (Å²) in [6.07, 6.45) is 0. The van der Waals surface area contributed by atoms with Gasteiger partial charge in [-0.2, -0.15) is 0 Å². The molecule has 0 aliphatic rings. The van der Waals surface area contributed by atoms with Crippen molar-refractivity contribution in [1.82, 2.24) is 4.57 Å². The monoisotopic (exact) mass is 403 g/mol. The van der Waals surface area contributed by atoms with E-state index in [1.807, 2.05) is 18.2 Å². The lowest BCUT2D eigenvalue weighted by Crippen LogP contribution is -1.93. The Morgan fingerprint density at radius 1 is 0.533 bits per heavy atom. The molecule has 6 rings (SSSR count). The molecule has 1 aromatic heterocycles. The molecule has 30 heavy (non-hydrogen) atoms. The van der Waals surface area contributed by atoms with Gasteiger partial charge in [-0.15, -0.1) is 0 Å². The van der Waals surface area contributed by atoms with Crippen molar-refractivity contribution in [2.45, 2.75) is 0 Å². The zero-order valence-corrected chi connectivity index (χ0v) is 17.0. The van der Waals surface area contributed by atoms with E-state index < -0.39 is 0 Å². The average molecular weight is 404 g/mol. The Kier molecular flexibility index (Phi) is 3.90. The molecule has 0 radical (unpaired) electrons. The van der Waals surface area contributed by atoms with Gasteiger partial charge in [0.1, 0.15) is 0 Å². The van der Waals surface area contributed by atoms with Crippen molar-refractivity contribution in [2.75, 3.05) is 0 Å². The Labute approximate surface area is 179 Å². The van der Waals surface area contributed by atoms with E-state index in [9.17, 15) is 0 Å². The minimum Gasteiger partial charge on any atom is -0.309 e. The molecule has 0 spiro atoms. The number of benzene rings is 5. The van der Waals surface area contributed by atoms with Crippen molar-refractivity contribution in [2.24, 2.45) is 0 Å². The predicted molar refractivity (Wildman–Crippen MR) is 129 cm³/mol. The van der Waals surface area contributed by atoms with E-state index in [2.05, 4.69) is 95.6 Å². The molecule has 0 atom stereocenters. The molecule has 0 saturated carbocycles. The zero-order valence-electron chi connectivity index (χ0n) is 16.2. The van der Waals surface area contributed by atoms with Gasteiger partial charge in [-0.3, -0.25) is 0 Å². The van der Waals surface area contributed by atoms with Crippen LogP contribution in [0.15, 0.2) is 109 Å². The second kappa shape index (κ2) is 6.76. The molecule has 0 unspecified atom stereocenters. The van der Waals surface area contributed by atoms with Crippen LogP contribution in [0.25, 0.3) is 49.4 Å². The summed E-state index contributed by atoms with van der Waals surface area (Å²) in [4.78, 5) is 0. The summed E-state index contributed by atoms with van der Waals surface area (Å²) < 4.78 is 2.37. The van der Waals surface area contributed by atoms with E-state index in [1.165, 1.54) is 38.1 Å². The van der Waals surface area contributed by atoms with Crippen molar-refractivity contribution in [3.63, 3.8) is 0 Å². The van der Waals surface area contributed by atoms with Crippen molar-refractivity contribution < 1.29 is 0 Å². The van der Waals surface area contributed by atoms with Crippen molar-refractivity contribution in [1.29, 1.82) is 0 Å². The number of hydrogen-bond donors (Lipinski definition) is 0. The van der Waals surface area contributed by atoms with Crippen LogP contribution in [0.5, 0.6) is 0 Å². The van der Waals surface area contributed by atoms with E-state index in [-0.39, 0.29) is 0 Å². The van der Waals surface area contributed by atoms with Crippen LogP contribution in [0.2, 0.25) is 5.02 Å². The molecule has 0 aliphatic carbocycles. The Bertz CT molecular complexity index is 1540. The van der Waals surface area contributed by atoms with E-state index in [4.69, 9.17) is 11.6 Å². The molecule has 1 nitrogen and oxygen atoms in total. The Hall–Kier alpha value is -3.55. The Morgan fingerprint density at radius 3 is 2.03 bits per heavy atom. The molecule has 0 N–H and O–H groups in total. The van der Waals surface area contributed by atoms with Gasteiger partial charge >= 0.3 is 0 Å². The van der Waals surface area contributed by atoms with Crippen molar-refractivity contribution in [3.05, 3.63) is 114 Å². The molecular formula is C28H18ClN. The lowest BCUT2D eigenvalue weighted by atomic mass is 9.95. The van der Waals surface area contributed by atoms with Gasteiger partial charge in [0.2, 0.25) is 0 Å². The molecule has 6 aromatic rings. The van der Waals surface area contributed by atoms with Gasteiger partial charge in [-0.1, -0.05) is 84.4 Å². The predicted octanol–water partition coefficient (Wildman–Crippen LogP) is 8.26. The highest BCUT2D eigenvalue weighted by Crippen LogP contribution is 2.41. The summed E-state index contributed by atoms with van der Waals surface area (Å²) in [5.74, 6) is 0. The molecule has 0 amide bonds. The number of hydrogen-bond acceptors (Lipinski definition) is 0. The number of rotatable bonds is 2. The van der Waals surface area contributed by atoms with Gasteiger partial charge in [0.25, 0.3) is 0 Å². The largest absolute Gasteiger partial charge is 0.309 e. The molecular weight excluding hydrogens is 386 g/mol. The maximum absolute atomic E-state index is 6.35. The lowest BCUT2D eigenvalue weighted by molar-refractivity contribution is 1.18. The maximum Gasteiger partial charge on any atom is 0.0553 e. The van der Waals surface area contributed by atoms with Crippen LogP contribution < -0.4 is 0 Å². The fraction of sp³-hybridized carbons (Fsp3) is 0. The fourth-order valence-electron chi connectivity index (χ4n) is 4.58. The van der Waals surface area contributed by atoms with Gasteiger partial charge in [0, 0.05) is 21.5 Å². The zero-order chi connectivity index (χ0) is 20.1. The molecule has 0 aliphatic heterocycles. The lowest BCUT2D eigenvalue weighted by Gasteiger charge is -2.12. The normalized spacial score (nSPS) is 11.5. The van der Waals surface area contributed by atoms with Crippen molar-refractivity contribution in [3.8, 4) is 16.8 Å². The third-order valence-electron chi connectivity index (χ3n) is 5.83. The third-order valence-corrected chi connectivity index (χ3v) is 6.06. The van der Waals surface area contributed by atoms with E-state index in [0.29, 0.717) is 0 Å². The van der Waals surface area contributed by atoms with Gasteiger partial charge in [-0.05, 0) is 58.3 Å². The van der Waals surface area contributed by atoms with Gasteiger partial charge in [0.15, 0.2) is 0 Å². The van der Waals surface area contributed by atoms with Crippen LogP contribution in [0, 0.1) is 0 Å². The number of aromatic nitrogens is 1. The SMILES string of the molecule is Clc1cccc(-c2cc3c(c4ccccc24)c2ccccc2n3-c2ccccc2)c1. The number of nitrogens with zero attached hydrogens (tertiary/aromatic N) is 1. The molecule has 0 saturated heterocycles. The highest BCUT2D eigenvalue weighted by Gasteiger charge is 2.17. The minimum absolute atomic E-state index is 0.750. The number of fused-ring (bicyclic) bond motifs is 5. The summed E-state index contributed by atoms with van der Waals surface area (Å²) in [6.45, 7) is 0. The average Bonchev–Trinajstić information content (AvgIpc) is 3.13. The quantitative estimate of drug-likeness (QED) is 0.274. The van der Waals surface area contributed by atoms with Gasteiger partial charge in [0.05, 0.1) is 11.0 Å². The smallest absolute Gasteiger partial charge is 0.0553 e. The van der Waals surface area contributed by atoms with Gasteiger partial charge in [-0.25, -0.2) is 0 Å². The standard InChI is InChI=1S/C28H18ClN/c29-20-10-8-9-19(17-20)25-18-27-28(23-14-5-4-13-22(23)25)24-15-6-7-16-26(24)30(27)21-11-2-1-3-12-21/h1-18H. The highest BCUT2D eigenvalue weighted by atomic mass is 35.5. The first-order chi connectivity index (χ1) is 14.8. The van der Waals surface area contributed by atoms with E-state index >= 15 is 0 Å². The van der Waals surface area contributed by atoms with Crippen LogP contribution in [0.1, 0.15) is 0 Å². The van der Waals surface area contributed by atoms with Crippen LogP contribution in [0.4, 0.5) is 0 Å². The first kappa shape index (κ1) is 17.3. The fourth-order valence-corrected chi connectivity index (χ4v) is 4.77. The minimum atomic E-state index is 0.750. The highest BCUT2D eigenvalue weighted by molar-refractivity contribution is 6.31. The topological polar surface area (TPSA) is 4.93 Å². The molecule has 142 valence electrons. The van der Waals surface area contributed by atoms with Crippen LogP contribution in [-0.4, -0.2) is 4.57 Å². The van der Waals surface area contributed by atoms with Crippen molar-refractivity contribution >= 4 is 44.2 Å². The summed E-state index contributed by atoms with van der Waals surface area (Å²) >= 11 is 6.35. The van der Waals surface area contributed by atoms with E-state index in [0.717, 1.165) is 16.3 Å². The maximum atomic E-state index is 6.35. The third kappa shape index (κ3) is 2.56. The van der Waals surface area contributed by atoms with Crippen LogP contribution in [-0.2, 0) is 0 Å². The van der Waals surface area contributed by atoms with Crippen LogP contribution in [0.3, 0.4) is 0 Å². The second-order valence-corrected chi connectivity index (χ2v) is 8.00.